The third kappa shape index (κ3) is 1.47. The molecular weight excluding hydrogens is 220 g/mol. The number of nitrogens with zero attached hydrogens (tertiary/aromatic N) is 2. The number of nitriles is 1. The minimum atomic E-state index is 0.492. The molecule has 0 N–H and O–H groups in total. The molecule has 1 aromatic carbocycles. The third-order valence-corrected chi connectivity index (χ3v) is 4.49. The summed E-state index contributed by atoms with van der Waals surface area (Å²) >= 11 is 0. The fraction of sp³-hybridized carbons (Fsp3) is 0.438. The van der Waals surface area contributed by atoms with Gasteiger partial charge in [0.15, 0.2) is 0 Å². The zero-order valence-electron chi connectivity index (χ0n) is 12.1. The maximum absolute atomic E-state index is 9.04. The van der Waals surface area contributed by atoms with Gasteiger partial charge >= 0.3 is 0 Å². The molecule has 1 aromatic heterocycles. The summed E-state index contributed by atoms with van der Waals surface area (Å²) in [6.45, 7) is 10.8. The van der Waals surface area contributed by atoms with Crippen LogP contribution in [-0.2, 0) is 13.5 Å². The van der Waals surface area contributed by atoms with Gasteiger partial charge in [-0.15, -0.1) is 0 Å². The molecule has 18 heavy (non-hydrogen) atoms. The van der Waals surface area contributed by atoms with Gasteiger partial charge in [-0.2, -0.15) is 5.26 Å². The van der Waals surface area contributed by atoms with Crippen molar-refractivity contribution in [1.82, 2.24) is 4.57 Å². The number of fused-ring (bicyclic) bond motifs is 1. The molecular formula is C16H20N2. The van der Waals surface area contributed by atoms with Crippen molar-refractivity contribution in [2.45, 2.75) is 41.0 Å². The van der Waals surface area contributed by atoms with E-state index in [-0.39, 0.29) is 0 Å². The van der Waals surface area contributed by atoms with Gasteiger partial charge in [-0.1, -0.05) is 0 Å². The first-order chi connectivity index (χ1) is 8.41. The summed E-state index contributed by atoms with van der Waals surface area (Å²) in [7, 11) is 2.10. The number of aromatic nitrogens is 1. The molecule has 0 unspecified atom stereocenters. The van der Waals surface area contributed by atoms with Crippen molar-refractivity contribution in [1.29, 1.82) is 5.26 Å². The van der Waals surface area contributed by atoms with Gasteiger partial charge in [-0.3, -0.25) is 0 Å². The predicted octanol–water partition coefficient (Wildman–Crippen LogP) is 3.79. The highest BCUT2D eigenvalue weighted by atomic mass is 14.9. The van der Waals surface area contributed by atoms with E-state index in [0.29, 0.717) is 6.42 Å². The van der Waals surface area contributed by atoms with Crippen LogP contribution in [0.3, 0.4) is 0 Å². The lowest BCUT2D eigenvalue weighted by molar-refractivity contribution is 0.901. The van der Waals surface area contributed by atoms with E-state index in [1.54, 1.807) is 0 Å². The molecule has 0 saturated heterocycles. The van der Waals surface area contributed by atoms with E-state index in [4.69, 9.17) is 5.26 Å². The Morgan fingerprint density at radius 3 is 2.06 bits per heavy atom. The predicted molar refractivity (Wildman–Crippen MR) is 75.9 cm³/mol. The average Bonchev–Trinajstić information content (AvgIpc) is 2.59. The Labute approximate surface area is 109 Å². The first-order valence-corrected chi connectivity index (χ1v) is 6.33. The van der Waals surface area contributed by atoms with Gasteiger partial charge < -0.3 is 4.57 Å². The fourth-order valence-corrected chi connectivity index (χ4v) is 2.93. The first-order valence-electron chi connectivity index (χ1n) is 6.33. The highest BCUT2D eigenvalue weighted by Crippen LogP contribution is 2.34. The minimum Gasteiger partial charge on any atom is -0.347 e. The maximum Gasteiger partial charge on any atom is 0.0670 e. The fourth-order valence-electron chi connectivity index (χ4n) is 2.93. The second kappa shape index (κ2) is 4.17. The molecule has 0 aliphatic rings. The normalized spacial score (nSPS) is 10.9. The molecule has 1 heterocycles. The van der Waals surface area contributed by atoms with Crippen molar-refractivity contribution in [3.05, 3.63) is 33.5 Å². The lowest BCUT2D eigenvalue weighted by Gasteiger charge is -2.13. The molecule has 0 saturated carbocycles. The van der Waals surface area contributed by atoms with Gasteiger partial charge in [0, 0.05) is 18.1 Å². The molecule has 0 bridgehead atoms. The summed E-state index contributed by atoms with van der Waals surface area (Å²) in [4.78, 5) is 0. The Hall–Kier alpha value is -1.75. The number of aryl methyl sites for hydroxylation is 3. The van der Waals surface area contributed by atoms with Crippen LogP contribution in [0.2, 0.25) is 0 Å². The molecule has 2 nitrogen and oxygen atoms in total. The van der Waals surface area contributed by atoms with Crippen LogP contribution in [-0.4, -0.2) is 4.57 Å². The molecule has 0 aliphatic carbocycles. The van der Waals surface area contributed by atoms with Gasteiger partial charge in [0.05, 0.1) is 18.0 Å². The zero-order chi connectivity index (χ0) is 13.6. The highest BCUT2D eigenvalue weighted by Gasteiger charge is 2.18. The van der Waals surface area contributed by atoms with Crippen molar-refractivity contribution in [3.63, 3.8) is 0 Å². The minimum absolute atomic E-state index is 0.492. The van der Waals surface area contributed by atoms with Crippen LogP contribution in [0.15, 0.2) is 0 Å². The Balaban J connectivity index is 3.07. The summed E-state index contributed by atoms with van der Waals surface area (Å²) in [5.41, 5.74) is 9.07. The van der Waals surface area contributed by atoms with Crippen LogP contribution in [0, 0.1) is 45.9 Å². The lowest BCUT2D eigenvalue weighted by atomic mass is 9.93. The van der Waals surface area contributed by atoms with E-state index in [1.165, 1.54) is 44.4 Å². The van der Waals surface area contributed by atoms with Crippen molar-refractivity contribution in [2.24, 2.45) is 7.05 Å². The van der Waals surface area contributed by atoms with Gasteiger partial charge in [-0.25, -0.2) is 0 Å². The summed E-state index contributed by atoms with van der Waals surface area (Å²) in [5, 5.41) is 10.3. The SMILES string of the molecule is Cc1c(C)c(C)c2c(c1C)c(CC#N)c(C)n2C. The number of hydrogen-bond acceptors (Lipinski definition) is 1. The Bertz CT molecular complexity index is 682. The van der Waals surface area contributed by atoms with Crippen molar-refractivity contribution < 1.29 is 0 Å². The quantitative estimate of drug-likeness (QED) is 0.745. The van der Waals surface area contributed by atoms with Crippen LogP contribution in [0.25, 0.3) is 10.9 Å². The molecule has 94 valence electrons. The number of rotatable bonds is 1. The average molecular weight is 240 g/mol. The molecule has 0 radical (unpaired) electrons. The van der Waals surface area contributed by atoms with Gasteiger partial charge in [0.25, 0.3) is 0 Å². The number of hydrogen-bond donors (Lipinski definition) is 0. The van der Waals surface area contributed by atoms with Crippen LogP contribution in [0.1, 0.15) is 33.5 Å². The van der Waals surface area contributed by atoms with E-state index in [2.05, 4.69) is 52.3 Å². The molecule has 2 heteroatoms. The second-order valence-electron chi connectivity index (χ2n) is 5.18. The van der Waals surface area contributed by atoms with Crippen LogP contribution in [0.4, 0.5) is 0 Å². The Kier molecular flexibility index (Phi) is 2.94. The first kappa shape index (κ1) is 12.7. The largest absolute Gasteiger partial charge is 0.347 e. The van der Waals surface area contributed by atoms with Crippen molar-refractivity contribution in [2.75, 3.05) is 0 Å². The van der Waals surface area contributed by atoms with E-state index < -0.39 is 0 Å². The molecule has 0 aliphatic heterocycles. The highest BCUT2D eigenvalue weighted by molar-refractivity contribution is 5.93. The summed E-state index contributed by atoms with van der Waals surface area (Å²) in [6, 6.07) is 2.30. The van der Waals surface area contributed by atoms with Crippen molar-refractivity contribution >= 4 is 10.9 Å². The molecule has 0 atom stereocenters. The molecule has 2 aromatic rings. The topological polar surface area (TPSA) is 28.7 Å². The van der Waals surface area contributed by atoms with E-state index in [0.717, 1.165) is 0 Å². The smallest absolute Gasteiger partial charge is 0.0670 e. The zero-order valence-corrected chi connectivity index (χ0v) is 12.1. The van der Waals surface area contributed by atoms with Crippen LogP contribution >= 0.6 is 0 Å². The Morgan fingerprint density at radius 2 is 1.50 bits per heavy atom. The van der Waals surface area contributed by atoms with Gasteiger partial charge in [-0.05, 0) is 62.4 Å². The molecule has 0 fully saturated rings. The second-order valence-corrected chi connectivity index (χ2v) is 5.18. The standard InChI is InChI=1S/C16H20N2/c1-9-10(2)12(4)16-15(11(9)3)14(7-8-17)13(5)18(16)6/h7H2,1-6H3. The van der Waals surface area contributed by atoms with Gasteiger partial charge in [0.2, 0.25) is 0 Å². The Morgan fingerprint density at radius 1 is 0.944 bits per heavy atom. The monoisotopic (exact) mass is 240 g/mol. The lowest BCUT2D eigenvalue weighted by Crippen LogP contribution is -1.97. The molecule has 2 rings (SSSR count). The molecule has 0 amide bonds. The van der Waals surface area contributed by atoms with E-state index >= 15 is 0 Å². The van der Waals surface area contributed by atoms with Crippen molar-refractivity contribution in [3.8, 4) is 6.07 Å². The van der Waals surface area contributed by atoms with E-state index in [1.807, 2.05) is 0 Å². The van der Waals surface area contributed by atoms with Crippen LogP contribution in [0.5, 0.6) is 0 Å². The third-order valence-electron chi connectivity index (χ3n) is 4.49. The summed E-state index contributed by atoms with van der Waals surface area (Å²) in [5.74, 6) is 0. The molecule has 0 spiro atoms. The summed E-state index contributed by atoms with van der Waals surface area (Å²) < 4.78 is 2.23. The van der Waals surface area contributed by atoms with E-state index in [9.17, 15) is 0 Å². The maximum atomic E-state index is 9.04. The van der Waals surface area contributed by atoms with Crippen LogP contribution < -0.4 is 0 Å². The number of benzene rings is 1. The van der Waals surface area contributed by atoms with Gasteiger partial charge in [0.1, 0.15) is 0 Å². The summed E-state index contributed by atoms with van der Waals surface area (Å²) in [6.07, 6.45) is 0.492.